The van der Waals surface area contributed by atoms with Crippen molar-refractivity contribution >= 4 is 17.8 Å². The highest BCUT2D eigenvalue weighted by molar-refractivity contribution is 5.88. The Balaban J connectivity index is 1.81. The summed E-state index contributed by atoms with van der Waals surface area (Å²) in [5, 5.41) is 11.5. The van der Waals surface area contributed by atoms with E-state index in [1.165, 1.54) is 29.2 Å². The number of hydrogen-bond acceptors (Lipinski definition) is 3. The molecular formula is C15H17FN2O4. The number of rotatable bonds is 5. The highest BCUT2D eigenvalue weighted by Gasteiger charge is 2.33. The van der Waals surface area contributed by atoms with E-state index < -0.39 is 17.9 Å². The highest BCUT2D eigenvalue weighted by Crippen LogP contribution is 2.17. The lowest BCUT2D eigenvalue weighted by atomic mass is 10.1. The first-order valence-corrected chi connectivity index (χ1v) is 7.01. The molecule has 0 saturated carbocycles. The zero-order valence-corrected chi connectivity index (χ0v) is 11.9. The normalized spacial score (nSPS) is 17.3. The number of nitrogens with zero attached hydrogens (tertiary/aromatic N) is 1. The predicted molar refractivity (Wildman–Crippen MR) is 75.5 cm³/mol. The number of benzene rings is 1. The number of aliphatic carboxylic acids is 1. The number of carbonyl (C=O) groups is 3. The number of carboxylic acid groups (broad SMARTS) is 1. The van der Waals surface area contributed by atoms with Crippen LogP contribution in [0.25, 0.3) is 0 Å². The van der Waals surface area contributed by atoms with Crippen molar-refractivity contribution in [1.29, 1.82) is 0 Å². The molecule has 2 N–H and O–H groups in total. The number of hydrogen-bond donors (Lipinski definition) is 2. The second-order valence-corrected chi connectivity index (χ2v) is 5.16. The Hall–Kier alpha value is -2.44. The molecule has 1 aliphatic rings. The number of halogens is 1. The fourth-order valence-corrected chi connectivity index (χ4v) is 2.45. The van der Waals surface area contributed by atoms with Gasteiger partial charge in [0, 0.05) is 6.54 Å². The molecule has 7 heteroatoms. The molecule has 1 fully saturated rings. The summed E-state index contributed by atoms with van der Waals surface area (Å²) in [6.07, 6.45) is 1.12. The Labute approximate surface area is 126 Å². The maximum atomic E-state index is 12.8. The fraction of sp³-hybridized carbons (Fsp3) is 0.400. The molecule has 1 unspecified atom stereocenters. The van der Waals surface area contributed by atoms with Gasteiger partial charge in [0.2, 0.25) is 11.8 Å². The third kappa shape index (κ3) is 4.03. The second kappa shape index (κ2) is 7.02. The fourth-order valence-electron chi connectivity index (χ4n) is 2.45. The number of carboxylic acids is 1. The minimum Gasteiger partial charge on any atom is -0.480 e. The van der Waals surface area contributed by atoms with Gasteiger partial charge in [0.1, 0.15) is 11.9 Å². The third-order valence-corrected chi connectivity index (χ3v) is 3.57. The second-order valence-electron chi connectivity index (χ2n) is 5.16. The van der Waals surface area contributed by atoms with Gasteiger partial charge in [-0.15, -0.1) is 0 Å². The number of amides is 2. The smallest absolute Gasteiger partial charge is 0.326 e. The van der Waals surface area contributed by atoms with Crippen LogP contribution in [0.15, 0.2) is 24.3 Å². The molecule has 2 amide bonds. The van der Waals surface area contributed by atoms with Crippen LogP contribution >= 0.6 is 0 Å². The van der Waals surface area contributed by atoms with Crippen molar-refractivity contribution in [3.63, 3.8) is 0 Å². The van der Waals surface area contributed by atoms with Crippen molar-refractivity contribution in [1.82, 2.24) is 10.2 Å². The van der Waals surface area contributed by atoms with Gasteiger partial charge in [0.25, 0.3) is 0 Å². The molecular weight excluding hydrogens is 291 g/mol. The Morgan fingerprint density at radius 3 is 2.59 bits per heavy atom. The minimum atomic E-state index is -1.02. The largest absolute Gasteiger partial charge is 0.480 e. The van der Waals surface area contributed by atoms with Crippen molar-refractivity contribution in [3.8, 4) is 0 Å². The summed E-state index contributed by atoms with van der Waals surface area (Å²) in [5.74, 6) is -2.18. The molecule has 1 aliphatic heterocycles. The first-order valence-electron chi connectivity index (χ1n) is 7.01. The van der Waals surface area contributed by atoms with Crippen LogP contribution in [0.1, 0.15) is 18.4 Å². The van der Waals surface area contributed by atoms with E-state index in [0.29, 0.717) is 24.9 Å². The van der Waals surface area contributed by atoms with Gasteiger partial charge in [-0.2, -0.15) is 0 Å². The molecule has 1 aromatic rings. The lowest BCUT2D eigenvalue weighted by molar-refractivity contribution is -0.148. The van der Waals surface area contributed by atoms with E-state index in [4.69, 9.17) is 5.11 Å². The van der Waals surface area contributed by atoms with Crippen LogP contribution in [0.4, 0.5) is 4.39 Å². The van der Waals surface area contributed by atoms with E-state index in [-0.39, 0.29) is 24.7 Å². The van der Waals surface area contributed by atoms with Crippen LogP contribution < -0.4 is 5.32 Å². The molecule has 118 valence electrons. The molecule has 6 nitrogen and oxygen atoms in total. The van der Waals surface area contributed by atoms with E-state index in [1.807, 2.05) is 0 Å². The van der Waals surface area contributed by atoms with Gasteiger partial charge in [-0.05, 0) is 30.5 Å². The number of nitrogens with one attached hydrogen (secondary N) is 1. The number of carbonyl (C=O) groups excluding carboxylic acids is 2. The first-order chi connectivity index (χ1) is 10.5. The summed E-state index contributed by atoms with van der Waals surface area (Å²) in [4.78, 5) is 36.0. The van der Waals surface area contributed by atoms with Crippen LogP contribution in [0.5, 0.6) is 0 Å². The van der Waals surface area contributed by atoms with Crippen LogP contribution in [-0.2, 0) is 20.8 Å². The summed E-state index contributed by atoms with van der Waals surface area (Å²) >= 11 is 0. The molecule has 1 atom stereocenters. The Morgan fingerprint density at radius 2 is 1.95 bits per heavy atom. The number of likely N-dealkylation sites (tertiary alicyclic amines) is 1. The maximum Gasteiger partial charge on any atom is 0.326 e. The SMILES string of the molecule is O=C(Cc1ccc(F)cc1)NCC(=O)N1CCCC1C(=O)O. The summed E-state index contributed by atoms with van der Waals surface area (Å²) in [6.45, 7) is 0.160. The minimum absolute atomic E-state index is 0.0376. The lowest BCUT2D eigenvalue weighted by Gasteiger charge is -2.21. The Morgan fingerprint density at radius 1 is 1.27 bits per heavy atom. The van der Waals surface area contributed by atoms with Gasteiger partial charge >= 0.3 is 5.97 Å². The van der Waals surface area contributed by atoms with Gasteiger partial charge in [0.05, 0.1) is 13.0 Å². The van der Waals surface area contributed by atoms with Crippen LogP contribution in [0, 0.1) is 5.82 Å². The average Bonchev–Trinajstić information content (AvgIpc) is 2.97. The molecule has 0 radical (unpaired) electrons. The standard InChI is InChI=1S/C15H17FN2O4/c16-11-5-3-10(4-6-11)8-13(19)17-9-14(20)18-7-1-2-12(18)15(21)22/h3-6,12H,1-2,7-9H2,(H,17,19)(H,21,22). The van der Waals surface area contributed by atoms with E-state index >= 15 is 0 Å². The average molecular weight is 308 g/mol. The zero-order valence-electron chi connectivity index (χ0n) is 11.9. The summed E-state index contributed by atoms with van der Waals surface area (Å²) in [5.41, 5.74) is 0.635. The van der Waals surface area contributed by atoms with Crippen molar-refractivity contribution in [2.75, 3.05) is 13.1 Å². The van der Waals surface area contributed by atoms with Crippen LogP contribution in [-0.4, -0.2) is 46.9 Å². The molecule has 1 heterocycles. The maximum absolute atomic E-state index is 12.8. The van der Waals surface area contributed by atoms with E-state index in [0.717, 1.165) is 0 Å². The monoisotopic (exact) mass is 308 g/mol. The molecule has 0 spiro atoms. The first kappa shape index (κ1) is 15.9. The molecule has 2 rings (SSSR count). The van der Waals surface area contributed by atoms with E-state index in [2.05, 4.69) is 5.32 Å². The molecule has 0 aromatic heterocycles. The summed E-state index contributed by atoms with van der Waals surface area (Å²) in [6, 6.07) is 4.71. The zero-order chi connectivity index (χ0) is 16.1. The summed E-state index contributed by atoms with van der Waals surface area (Å²) in [7, 11) is 0. The van der Waals surface area contributed by atoms with Crippen LogP contribution in [0.3, 0.4) is 0 Å². The van der Waals surface area contributed by atoms with Crippen molar-refractivity contribution < 1.29 is 23.9 Å². The molecule has 1 aromatic carbocycles. The Bertz CT molecular complexity index is 573. The topological polar surface area (TPSA) is 86.7 Å². The van der Waals surface area contributed by atoms with Gasteiger partial charge < -0.3 is 15.3 Å². The van der Waals surface area contributed by atoms with Gasteiger partial charge in [-0.3, -0.25) is 9.59 Å². The van der Waals surface area contributed by atoms with Crippen molar-refractivity contribution in [2.24, 2.45) is 0 Å². The molecule has 22 heavy (non-hydrogen) atoms. The predicted octanol–water partition coefficient (Wildman–Crippen LogP) is 0.560. The van der Waals surface area contributed by atoms with Gasteiger partial charge in [-0.25, -0.2) is 9.18 Å². The van der Waals surface area contributed by atoms with E-state index in [9.17, 15) is 18.8 Å². The quantitative estimate of drug-likeness (QED) is 0.832. The lowest BCUT2D eigenvalue weighted by Crippen LogP contribution is -2.45. The molecule has 0 bridgehead atoms. The third-order valence-electron chi connectivity index (χ3n) is 3.57. The van der Waals surface area contributed by atoms with Crippen molar-refractivity contribution in [3.05, 3.63) is 35.6 Å². The van der Waals surface area contributed by atoms with Gasteiger partial charge in [-0.1, -0.05) is 12.1 Å². The molecule has 1 saturated heterocycles. The molecule has 0 aliphatic carbocycles. The summed E-state index contributed by atoms with van der Waals surface area (Å²) < 4.78 is 12.8. The van der Waals surface area contributed by atoms with Crippen molar-refractivity contribution in [2.45, 2.75) is 25.3 Å². The van der Waals surface area contributed by atoms with Gasteiger partial charge in [0.15, 0.2) is 0 Å². The highest BCUT2D eigenvalue weighted by atomic mass is 19.1. The Kier molecular flexibility index (Phi) is 5.08. The van der Waals surface area contributed by atoms with Crippen LogP contribution in [0.2, 0.25) is 0 Å². The van der Waals surface area contributed by atoms with E-state index in [1.54, 1.807) is 0 Å².